The first-order valence-corrected chi connectivity index (χ1v) is 8.52. The van der Waals surface area contributed by atoms with E-state index >= 15 is 0 Å². The average Bonchev–Trinajstić information content (AvgIpc) is 2.88. The van der Waals surface area contributed by atoms with Gasteiger partial charge in [-0.2, -0.15) is 5.10 Å². The summed E-state index contributed by atoms with van der Waals surface area (Å²) < 4.78 is 2.13. The zero-order chi connectivity index (χ0) is 13.7. The van der Waals surface area contributed by atoms with Crippen LogP contribution in [0.4, 0.5) is 0 Å². The number of nitrogens with zero attached hydrogens (tertiary/aromatic N) is 2. The highest BCUT2D eigenvalue weighted by molar-refractivity contribution is 5.19. The molecule has 0 spiro atoms. The van der Waals surface area contributed by atoms with E-state index in [1.54, 1.807) is 0 Å². The van der Waals surface area contributed by atoms with Gasteiger partial charge in [0.15, 0.2) is 0 Å². The van der Waals surface area contributed by atoms with Gasteiger partial charge in [0, 0.05) is 12.7 Å². The van der Waals surface area contributed by atoms with Gasteiger partial charge in [0.25, 0.3) is 0 Å². The second-order valence-electron chi connectivity index (χ2n) is 7.51. The van der Waals surface area contributed by atoms with Crippen molar-refractivity contribution < 1.29 is 0 Å². The summed E-state index contributed by atoms with van der Waals surface area (Å²) >= 11 is 0. The summed E-state index contributed by atoms with van der Waals surface area (Å²) in [4.78, 5) is 0. The lowest BCUT2D eigenvalue weighted by atomic mass is 9.51. The molecule has 4 aliphatic rings. The Labute approximate surface area is 121 Å². The van der Waals surface area contributed by atoms with Gasteiger partial charge in [-0.3, -0.25) is 4.68 Å². The van der Waals surface area contributed by atoms with Gasteiger partial charge >= 0.3 is 0 Å². The molecule has 110 valence electrons. The molecule has 0 saturated heterocycles. The maximum atomic E-state index is 5.86. The summed E-state index contributed by atoms with van der Waals surface area (Å²) in [7, 11) is 0. The molecule has 1 heterocycles. The van der Waals surface area contributed by atoms with Crippen molar-refractivity contribution in [2.45, 2.75) is 57.4 Å². The lowest BCUT2D eigenvalue weighted by Crippen LogP contribution is -2.43. The number of hydrogen-bond acceptors (Lipinski definition) is 2. The fraction of sp³-hybridized carbons (Fsp3) is 0.824. The molecule has 2 N–H and O–H groups in total. The Balaban J connectivity index is 1.59. The summed E-state index contributed by atoms with van der Waals surface area (Å²) in [5.74, 6) is 4.79. The number of nitrogens with two attached hydrogens (primary N) is 1. The largest absolute Gasteiger partial charge is 0.328 e. The lowest BCUT2D eigenvalue weighted by Gasteiger charge is -2.54. The fourth-order valence-electron chi connectivity index (χ4n) is 5.66. The molecule has 4 fully saturated rings. The highest BCUT2D eigenvalue weighted by atomic mass is 15.3. The Morgan fingerprint density at radius 3 is 2.40 bits per heavy atom. The van der Waals surface area contributed by atoms with Crippen molar-refractivity contribution in [1.82, 2.24) is 9.78 Å². The van der Waals surface area contributed by atoms with E-state index in [0.29, 0.717) is 12.6 Å². The van der Waals surface area contributed by atoms with Gasteiger partial charge in [0.2, 0.25) is 0 Å². The van der Waals surface area contributed by atoms with Crippen LogP contribution in [0.25, 0.3) is 0 Å². The van der Waals surface area contributed by atoms with Crippen LogP contribution < -0.4 is 5.73 Å². The maximum absolute atomic E-state index is 5.86. The number of hydrogen-bond donors (Lipinski definition) is 1. The molecule has 1 aromatic rings. The third kappa shape index (κ3) is 1.93. The van der Waals surface area contributed by atoms with E-state index < -0.39 is 0 Å². The molecule has 4 aliphatic carbocycles. The van der Waals surface area contributed by atoms with E-state index in [1.165, 1.54) is 37.7 Å². The van der Waals surface area contributed by atoms with Crippen molar-refractivity contribution in [1.29, 1.82) is 0 Å². The van der Waals surface area contributed by atoms with Crippen molar-refractivity contribution in [3.63, 3.8) is 0 Å². The monoisotopic (exact) mass is 273 g/mol. The second kappa shape index (κ2) is 4.87. The summed E-state index contributed by atoms with van der Waals surface area (Å²) in [6, 6.07) is 0.376. The molecule has 20 heavy (non-hydrogen) atoms. The molecule has 4 saturated carbocycles. The van der Waals surface area contributed by atoms with Crippen LogP contribution in [0.2, 0.25) is 0 Å². The Hall–Kier alpha value is -0.830. The van der Waals surface area contributed by atoms with Crippen molar-refractivity contribution >= 4 is 0 Å². The van der Waals surface area contributed by atoms with Crippen LogP contribution in [-0.2, 0) is 0 Å². The third-order valence-corrected chi connectivity index (χ3v) is 6.35. The van der Waals surface area contributed by atoms with Crippen molar-refractivity contribution in [3.8, 4) is 0 Å². The molecule has 3 heteroatoms. The van der Waals surface area contributed by atoms with E-state index in [0.717, 1.165) is 36.0 Å². The zero-order valence-electron chi connectivity index (χ0n) is 12.5. The van der Waals surface area contributed by atoms with Gasteiger partial charge in [-0.05, 0) is 73.7 Å². The summed E-state index contributed by atoms with van der Waals surface area (Å²) in [6.07, 6.45) is 13.0. The van der Waals surface area contributed by atoms with Crippen LogP contribution in [0.15, 0.2) is 12.4 Å². The topological polar surface area (TPSA) is 43.8 Å². The zero-order valence-corrected chi connectivity index (χ0v) is 12.5. The van der Waals surface area contributed by atoms with Gasteiger partial charge in [0.05, 0.1) is 12.2 Å². The van der Waals surface area contributed by atoms with Crippen LogP contribution in [0.1, 0.15) is 63.0 Å². The molecule has 1 unspecified atom stereocenters. The smallest absolute Gasteiger partial charge is 0.0638 e. The van der Waals surface area contributed by atoms with Crippen molar-refractivity contribution in [2.24, 2.45) is 29.4 Å². The van der Waals surface area contributed by atoms with E-state index in [-0.39, 0.29) is 0 Å². The van der Waals surface area contributed by atoms with Gasteiger partial charge in [-0.1, -0.05) is 6.92 Å². The van der Waals surface area contributed by atoms with Gasteiger partial charge in [-0.15, -0.1) is 0 Å². The van der Waals surface area contributed by atoms with Gasteiger partial charge in [-0.25, -0.2) is 0 Å². The molecule has 5 rings (SSSR count). The minimum absolute atomic E-state index is 0.376. The van der Waals surface area contributed by atoms with Crippen LogP contribution in [-0.4, -0.2) is 16.3 Å². The van der Waals surface area contributed by atoms with E-state index in [4.69, 9.17) is 5.73 Å². The van der Waals surface area contributed by atoms with E-state index in [1.807, 2.05) is 0 Å². The Kier molecular flexibility index (Phi) is 3.13. The summed E-state index contributed by atoms with van der Waals surface area (Å²) in [5, 5.41) is 4.63. The molecule has 0 amide bonds. The highest BCUT2D eigenvalue weighted by Gasteiger charge is 2.48. The van der Waals surface area contributed by atoms with Gasteiger partial charge in [0.1, 0.15) is 0 Å². The van der Waals surface area contributed by atoms with Crippen LogP contribution in [0.5, 0.6) is 0 Å². The lowest BCUT2D eigenvalue weighted by molar-refractivity contribution is -0.00282. The van der Waals surface area contributed by atoms with E-state index in [9.17, 15) is 0 Å². The minimum Gasteiger partial charge on any atom is -0.328 e. The normalized spacial score (nSPS) is 40.2. The molecule has 1 aromatic heterocycles. The first-order chi connectivity index (χ1) is 9.78. The average molecular weight is 273 g/mol. The molecular formula is C17H27N3. The molecule has 0 aliphatic heterocycles. The first-order valence-electron chi connectivity index (χ1n) is 8.52. The fourth-order valence-corrected chi connectivity index (χ4v) is 5.66. The molecular weight excluding hydrogens is 246 g/mol. The summed E-state index contributed by atoms with van der Waals surface area (Å²) in [6.45, 7) is 2.89. The molecule has 1 atom stereocenters. The van der Waals surface area contributed by atoms with Crippen LogP contribution >= 0.6 is 0 Å². The number of aromatic nitrogens is 2. The Morgan fingerprint density at radius 1 is 1.20 bits per heavy atom. The summed E-state index contributed by atoms with van der Waals surface area (Å²) in [5.41, 5.74) is 7.36. The predicted octanol–water partition coefficient (Wildman–Crippen LogP) is 3.33. The van der Waals surface area contributed by atoms with Crippen LogP contribution in [0, 0.1) is 23.7 Å². The Bertz CT molecular complexity index is 446. The molecule has 4 bridgehead atoms. The highest BCUT2D eigenvalue weighted by Crippen LogP contribution is 2.59. The maximum Gasteiger partial charge on any atom is 0.0638 e. The quantitative estimate of drug-likeness (QED) is 0.914. The van der Waals surface area contributed by atoms with Crippen LogP contribution in [0.3, 0.4) is 0 Å². The SMILES string of the molecule is CCC(CN)n1cc(C2C3CC4CC(C3)CC2C4)cn1. The molecule has 0 aromatic carbocycles. The second-order valence-corrected chi connectivity index (χ2v) is 7.51. The van der Waals surface area contributed by atoms with E-state index in [2.05, 4.69) is 29.1 Å². The third-order valence-electron chi connectivity index (χ3n) is 6.35. The molecule has 0 radical (unpaired) electrons. The van der Waals surface area contributed by atoms with Crippen molar-refractivity contribution in [2.75, 3.05) is 6.54 Å². The molecule has 3 nitrogen and oxygen atoms in total. The van der Waals surface area contributed by atoms with Crippen molar-refractivity contribution in [3.05, 3.63) is 18.0 Å². The minimum atomic E-state index is 0.376. The standard InChI is InChI=1S/C17H27N3/c1-2-16(8-18)20-10-15(9-19-20)17-13-4-11-3-12(6-13)7-14(17)5-11/h9-14,16-17H,2-8,18H2,1H3. The first kappa shape index (κ1) is 12.9. The predicted molar refractivity (Wildman–Crippen MR) is 80.4 cm³/mol. The number of rotatable bonds is 4. The van der Waals surface area contributed by atoms with Gasteiger partial charge < -0.3 is 5.73 Å². The Morgan fingerprint density at radius 2 is 1.85 bits per heavy atom.